The molecule has 1 unspecified atom stereocenters. The van der Waals surface area contributed by atoms with Crippen LogP contribution in [0.15, 0.2) is 0 Å². The number of carbonyl (C=O) groups is 3. The van der Waals surface area contributed by atoms with Gasteiger partial charge in [0.2, 0.25) is 0 Å². The lowest BCUT2D eigenvalue weighted by molar-refractivity contribution is -0.176. The fourth-order valence-corrected chi connectivity index (χ4v) is 1.09. The summed E-state index contributed by atoms with van der Waals surface area (Å²) in [6, 6.07) is 0. The molecular formula is C5H10O10S. The van der Waals surface area contributed by atoms with Crippen LogP contribution < -0.4 is 0 Å². The molecule has 0 rings (SSSR count). The summed E-state index contributed by atoms with van der Waals surface area (Å²) in [5, 5.41) is 25.9. The third-order valence-electron chi connectivity index (χ3n) is 0.995. The quantitative estimate of drug-likeness (QED) is 0.230. The predicted molar refractivity (Wildman–Crippen MR) is 47.6 cm³/mol. The fourth-order valence-electron chi connectivity index (χ4n) is 0.479. The van der Waals surface area contributed by atoms with Crippen molar-refractivity contribution in [2.75, 3.05) is 0 Å². The van der Waals surface area contributed by atoms with E-state index >= 15 is 0 Å². The summed E-state index contributed by atoms with van der Waals surface area (Å²) in [4.78, 5) is 28.0. The molecule has 0 aliphatic carbocycles. The molecule has 0 aromatic heterocycles. The van der Waals surface area contributed by atoms with Crippen LogP contribution in [-0.4, -0.2) is 57.7 Å². The minimum Gasteiger partial charge on any atom is -0.481 e. The number of carbonyl (C=O) groups excluding carboxylic acids is 1. The van der Waals surface area contributed by atoms with Crippen molar-refractivity contribution in [1.82, 2.24) is 0 Å². The molecule has 16 heavy (non-hydrogen) atoms. The normalized spacial score (nSPS) is 10.9. The van der Waals surface area contributed by atoms with E-state index in [0.29, 0.717) is 0 Å². The van der Waals surface area contributed by atoms with Crippen molar-refractivity contribution in [3.8, 4) is 0 Å². The van der Waals surface area contributed by atoms with Gasteiger partial charge in [0.05, 0.1) is 6.42 Å². The lowest BCUT2D eigenvalue weighted by Crippen LogP contribution is -2.31. The van der Waals surface area contributed by atoms with Gasteiger partial charge in [0.15, 0.2) is 5.25 Å². The highest BCUT2D eigenvalue weighted by atomic mass is 32.2. The van der Waals surface area contributed by atoms with Crippen molar-refractivity contribution in [1.29, 1.82) is 0 Å². The van der Waals surface area contributed by atoms with Crippen LogP contribution in [0.3, 0.4) is 0 Å². The number of carboxylic acids is 2. The zero-order chi connectivity index (χ0) is 13.9. The summed E-state index contributed by atoms with van der Waals surface area (Å²) in [6.45, 7) is 2.00. The van der Waals surface area contributed by atoms with Gasteiger partial charge in [0.1, 0.15) is 6.79 Å². The molecule has 10 nitrogen and oxygen atoms in total. The van der Waals surface area contributed by atoms with E-state index in [1.54, 1.807) is 0 Å². The number of hydrogen-bond donors (Lipinski definition) is 5. The number of hydrogen-bond acceptors (Lipinski definition) is 7. The Morgan fingerprint density at radius 2 is 1.44 bits per heavy atom. The van der Waals surface area contributed by atoms with E-state index in [2.05, 4.69) is 0 Å². The SMILES string of the molecule is C=O.O=C(O)CC(C(=O)O)S(=O)(=O)O.OO. The van der Waals surface area contributed by atoms with E-state index in [0.717, 1.165) is 0 Å². The highest BCUT2D eigenvalue weighted by molar-refractivity contribution is 7.87. The van der Waals surface area contributed by atoms with E-state index in [1.807, 2.05) is 6.79 Å². The van der Waals surface area contributed by atoms with E-state index in [-0.39, 0.29) is 0 Å². The van der Waals surface area contributed by atoms with Crippen LogP contribution in [0.1, 0.15) is 6.42 Å². The first-order chi connectivity index (χ1) is 7.25. The maximum Gasteiger partial charge on any atom is 0.325 e. The topological polar surface area (TPSA) is 186 Å². The van der Waals surface area contributed by atoms with Gasteiger partial charge in [-0.2, -0.15) is 8.42 Å². The minimum atomic E-state index is -4.84. The van der Waals surface area contributed by atoms with Crippen LogP contribution in [0.4, 0.5) is 0 Å². The zero-order valence-electron chi connectivity index (χ0n) is 7.68. The Labute approximate surface area is 89.4 Å². The van der Waals surface area contributed by atoms with Crippen LogP contribution in [-0.2, 0) is 24.5 Å². The second-order valence-corrected chi connectivity index (χ2v) is 3.54. The summed E-state index contributed by atoms with van der Waals surface area (Å²) in [7, 11) is -4.84. The van der Waals surface area contributed by atoms with Crippen LogP contribution in [0.25, 0.3) is 0 Å². The highest BCUT2D eigenvalue weighted by Gasteiger charge is 2.33. The standard InChI is InChI=1S/C4H6O7S.CH2O.H2O2/c5-3(6)1-2(4(7)8)12(9,10)11;2*1-2/h2H,1H2,(H,5,6)(H,7,8)(H,9,10,11);1H2;1-2H. The number of aliphatic carboxylic acids is 2. The molecule has 96 valence electrons. The molecule has 0 saturated heterocycles. The fraction of sp³-hybridized carbons (Fsp3) is 0.400. The van der Waals surface area contributed by atoms with Crippen LogP contribution in [0.2, 0.25) is 0 Å². The van der Waals surface area contributed by atoms with Crippen molar-refractivity contribution in [2.24, 2.45) is 0 Å². The summed E-state index contributed by atoms with van der Waals surface area (Å²) >= 11 is 0. The molecule has 0 spiro atoms. The molecular weight excluding hydrogens is 252 g/mol. The van der Waals surface area contributed by atoms with Crippen molar-refractivity contribution < 1.29 is 48.1 Å². The van der Waals surface area contributed by atoms with E-state index in [9.17, 15) is 18.0 Å². The predicted octanol–water partition coefficient (Wildman–Crippen LogP) is -1.37. The first-order valence-corrected chi connectivity index (χ1v) is 4.65. The molecule has 1 atom stereocenters. The van der Waals surface area contributed by atoms with Gasteiger partial charge in [0, 0.05) is 0 Å². The monoisotopic (exact) mass is 262 g/mol. The van der Waals surface area contributed by atoms with Gasteiger partial charge < -0.3 is 15.0 Å². The third kappa shape index (κ3) is 10.5. The Morgan fingerprint density at radius 3 is 1.50 bits per heavy atom. The Hall–Kier alpha value is -1.56. The second kappa shape index (κ2) is 9.97. The van der Waals surface area contributed by atoms with Crippen molar-refractivity contribution in [2.45, 2.75) is 11.7 Å². The molecule has 0 radical (unpaired) electrons. The third-order valence-corrected chi connectivity index (χ3v) is 2.08. The molecule has 0 aromatic rings. The van der Waals surface area contributed by atoms with Crippen molar-refractivity contribution in [3.05, 3.63) is 0 Å². The van der Waals surface area contributed by atoms with Gasteiger partial charge in [-0.05, 0) is 0 Å². The molecule has 11 heteroatoms. The van der Waals surface area contributed by atoms with Gasteiger partial charge in [-0.25, -0.2) is 0 Å². The van der Waals surface area contributed by atoms with Gasteiger partial charge in [-0.15, -0.1) is 0 Å². The molecule has 0 bridgehead atoms. The molecule has 0 amide bonds. The second-order valence-electron chi connectivity index (χ2n) is 1.94. The van der Waals surface area contributed by atoms with E-state index in [1.165, 1.54) is 0 Å². The Morgan fingerprint density at radius 1 is 1.12 bits per heavy atom. The highest BCUT2D eigenvalue weighted by Crippen LogP contribution is 2.04. The first-order valence-electron chi connectivity index (χ1n) is 3.15. The minimum absolute atomic E-state index is 1.16. The Kier molecular flexibility index (Phi) is 12.4. The average molecular weight is 262 g/mol. The molecule has 0 aromatic carbocycles. The molecule has 0 saturated carbocycles. The molecule has 0 aliphatic heterocycles. The van der Waals surface area contributed by atoms with Gasteiger partial charge in [-0.1, -0.05) is 0 Å². The summed E-state index contributed by atoms with van der Waals surface area (Å²) in [6.07, 6.45) is -1.16. The number of carboxylic acid groups (broad SMARTS) is 2. The van der Waals surface area contributed by atoms with Gasteiger partial charge in [0.25, 0.3) is 10.1 Å². The zero-order valence-corrected chi connectivity index (χ0v) is 8.49. The molecule has 0 heterocycles. The van der Waals surface area contributed by atoms with E-state index < -0.39 is 33.7 Å². The van der Waals surface area contributed by atoms with Gasteiger partial charge in [-0.3, -0.25) is 24.7 Å². The average Bonchev–Trinajstić information content (AvgIpc) is 2.18. The Balaban J connectivity index is -0.000000376. The summed E-state index contributed by atoms with van der Waals surface area (Å²) in [5.74, 6) is -3.50. The first kappa shape index (κ1) is 19.9. The van der Waals surface area contributed by atoms with Gasteiger partial charge >= 0.3 is 11.9 Å². The molecule has 0 aliphatic rings. The lowest BCUT2D eigenvalue weighted by atomic mass is 10.3. The Bertz CT molecular complexity index is 305. The maximum atomic E-state index is 10.2. The van der Waals surface area contributed by atoms with E-state index in [4.69, 9.17) is 30.1 Å². The number of rotatable bonds is 4. The largest absolute Gasteiger partial charge is 0.481 e. The molecule has 0 fully saturated rings. The maximum absolute atomic E-state index is 10.2. The van der Waals surface area contributed by atoms with Crippen LogP contribution >= 0.6 is 0 Å². The summed E-state index contributed by atoms with van der Waals surface area (Å²) in [5.41, 5.74) is 0. The van der Waals surface area contributed by atoms with Crippen LogP contribution in [0.5, 0.6) is 0 Å². The van der Waals surface area contributed by atoms with Crippen molar-refractivity contribution >= 4 is 28.8 Å². The lowest BCUT2D eigenvalue weighted by Gasteiger charge is -2.04. The van der Waals surface area contributed by atoms with Crippen LogP contribution in [0, 0.1) is 0 Å². The smallest absolute Gasteiger partial charge is 0.325 e. The van der Waals surface area contributed by atoms with Crippen molar-refractivity contribution in [3.63, 3.8) is 0 Å². The summed E-state index contributed by atoms with van der Waals surface area (Å²) < 4.78 is 28.7. The molecule has 5 N–H and O–H groups in total.